The maximum absolute atomic E-state index is 6.86. The van der Waals surface area contributed by atoms with Gasteiger partial charge in [-0.25, -0.2) is 0 Å². The summed E-state index contributed by atoms with van der Waals surface area (Å²) < 4.78 is 6.86. The van der Waals surface area contributed by atoms with Gasteiger partial charge >= 0.3 is 0 Å². The van der Waals surface area contributed by atoms with E-state index in [4.69, 9.17) is 4.42 Å². The van der Waals surface area contributed by atoms with Crippen LogP contribution in [-0.2, 0) is 0 Å². The Labute approximate surface area is 401 Å². The van der Waals surface area contributed by atoms with Crippen LogP contribution >= 0.6 is 0 Å². The average Bonchev–Trinajstić information content (AvgIpc) is 3.62. The smallest absolute Gasteiger partial charge is 0.159 e. The number of fused-ring (bicyclic) bond motifs is 3. The van der Waals surface area contributed by atoms with Gasteiger partial charge in [-0.3, -0.25) is 0 Å². The Morgan fingerprint density at radius 2 is 1.04 bits per heavy atom. The van der Waals surface area contributed by atoms with Crippen molar-refractivity contribution in [2.24, 2.45) is 0 Å². The third-order valence-corrected chi connectivity index (χ3v) is 14.7. The minimum Gasteiger partial charge on any atom is -0.454 e. The molecule has 1 heterocycles. The molecule has 0 saturated carbocycles. The Hall–Kier alpha value is -7.36. The normalized spacial score (nSPS) is 13.3. The first-order valence-corrected chi connectivity index (χ1v) is 24.4. The highest BCUT2D eigenvalue weighted by atomic mass is 16.3. The first kappa shape index (κ1) is 43.2. The third-order valence-electron chi connectivity index (χ3n) is 14.7. The minimum atomic E-state index is 0.258. The van der Waals surface area contributed by atoms with Crippen LogP contribution in [-0.4, -0.2) is 0 Å². The van der Waals surface area contributed by atoms with Gasteiger partial charge in [0.25, 0.3) is 0 Å². The number of aryl methyl sites for hydroxylation is 3. The number of furan rings is 1. The molecule has 0 bridgehead atoms. The third kappa shape index (κ3) is 7.02. The molecule has 1 aliphatic carbocycles. The lowest BCUT2D eigenvalue weighted by Gasteiger charge is -2.33. The van der Waals surface area contributed by atoms with E-state index in [2.05, 4.69) is 237 Å². The number of benzene rings is 9. The van der Waals surface area contributed by atoms with Crippen LogP contribution in [0.15, 0.2) is 179 Å². The topological polar surface area (TPSA) is 19.6 Å². The van der Waals surface area contributed by atoms with Gasteiger partial charge in [-0.05, 0) is 180 Å². The van der Waals surface area contributed by atoms with Gasteiger partial charge in [0.05, 0.1) is 17.1 Å². The predicted octanol–water partition coefficient (Wildman–Crippen LogP) is 19.4. The summed E-state index contributed by atoms with van der Waals surface area (Å²) in [6, 6.07) is 52.2. The van der Waals surface area contributed by atoms with Gasteiger partial charge in [-0.15, -0.1) is 0 Å². The number of allylic oxidation sites excluding steroid dienone is 5. The molecule has 10 aromatic rings. The summed E-state index contributed by atoms with van der Waals surface area (Å²) in [7, 11) is 0. The van der Waals surface area contributed by atoms with Gasteiger partial charge in [-0.1, -0.05) is 142 Å². The van der Waals surface area contributed by atoms with Crippen molar-refractivity contribution in [3.63, 3.8) is 0 Å². The molecule has 0 radical (unpaired) electrons. The molecule has 68 heavy (non-hydrogen) atoms. The minimum absolute atomic E-state index is 0.258. The molecule has 0 atom stereocenters. The van der Waals surface area contributed by atoms with Gasteiger partial charge in [-0.2, -0.15) is 0 Å². The molecule has 0 unspecified atom stereocenters. The molecule has 0 aliphatic heterocycles. The van der Waals surface area contributed by atoms with E-state index in [-0.39, 0.29) is 11.8 Å². The van der Waals surface area contributed by atoms with Crippen molar-refractivity contribution in [3.05, 3.63) is 208 Å². The van der Waals surface area contributed by atoms with Crippen molar-refractivity contribution >= 4 is 82.7 Å². The van der Waals surface area contributed by atoms with E-state index in [0.717, 1.165) is 51.1 Å². The molecule has 9 aromatic carbocycles. The fraction of sp³-hybridized carbons (Fsp3) is 0.200. The van der Waals surface area contributed by atoms with Crippen LogP contribution < -0.4 is 9.80 Å². The summed E-state index contributed by atoms with van der Waals surface area (Å²) in [6.45, 7) is 22.9. The summed E-state index contributed by atoms with van der Waals surface area (Å²) >= 11 is 0. The maximum Gasteiger partial charge on any atom is 0.159 e. The summed E-state index contributed by atoms with van der Waals surface area (Å²) in [4.78, 5) is 5.05. The molecule has 1 aliphatic rings. The quantitative estimate of drug-likeness (QED) is 0.135. The molecule has 336 valence electrons. The molecule has 3 nitrogen and oxygen atoms in total. The highest BCUT2D eigenvalue weighted by Crippen LogP contribution is 2.52. The zero-order valence-electron chi connectivity index (χ0n) is 41.2. The lowest BCUT2D eigenvalue weighted by Crippen LogP contribution is -2.18. The Balaban J connectivity index is 1.27. The lowest BCUT2D eigenvalue weighted by molar-refractivity contribution is 0.669. The molecular formula is C65H60N2O. The monoisotopic (exact) mass is 884 g/mol. The van der Waals surface area contributed by atoms with E-state index in [1.54, 1.807) is 0 Å². The summed E-state index contributed by atoms with van der Waals surface area (Å²) in [5.41, 5.74) is 21.5. The Morgan fingerprint density at radius 1 is 0.441 bits per heavy atom. The predicted molar refractivity (Wildman–Crippen MR) is 293 cm³/mol. The molecule has 0 saturated heterocycles. The molecule has 3 heteroatoms. The van der Waals surface area contributed by atoms with Crippen molar-refractivity contribution < 1.29 is 4.42 Å². The largest absolute Gasteiger partial charge is 0.454 e. The number of nitrogens with zero attached hydrogens (tertiary/aromatic N) is 2. The van der Waals surface area contributed by atoms with Crippen LogP contribution in [0.2, 0.25) is 0 Å². The van der Waals surface area contributed by atoms with Gasteiger partial charge in [0.1, 0.15) is 5.58 Å². The highest BCUT2D eigenvalue weighted by Gasteiger charge is 2.29. The first-order chi connectivity index (χ1) is 32.9. The van der Waals surface area contributed by atoms with Gasteiger partial charge in [0, 0.05) is 38.6 Å². The van der Waals surface area contributed by atoms with Crippen LogP contribution in [0.25, 0.3) is 65.4 Å². The molecule has 0 spiro atoms. The average molecular weight is 885 g/mol. The Kier molecular flexibility index (Phi) is 10.6. The number of para-hydroxylation sites is 2. The molecule has 1 aromatic heterocycles. The summed E-state index contributed by atoms with van der Waals surface area (Å²) in [5, 5.41) is 9.92. The highest BCUT2D eigenvalue weighted by molar-refractivity contribution is 6.29. The second-order valence-corrected chi connectivity index (χ2v) is 20.1. The SMILES string of the molecule is CC1=CC=C(N(c2cccc(-c3ccccc3C)c2C)c2cc(C(C)C)c3ccc4c(N(c5ccc(C)c(C)c5)c5cccc6c5oc5ccccc56)cc(C(C)C)c5ccc2c3c54)C=C(C)C1. The van der Waals surface area contributed by atoms with Crippen LogP contribution in [0.3, 0.4) is 0 Å². The summed E-state index contributed by atoms with van der Waals surface area (Å²) in [5.74, 6) is 0.525. The number of rotatable bonds is 9. The van der Waals surface area contributed by atoms with E-state index in [0.29, 0.717) is 0 Å². The van der Waals surface area contributed by atoms with E-state index in [1.165, 1.54) is 99.3 Å². The van der Waals surface area contributed by atoms with Gasteiger partial charge < -0.3 is 14.2 Å². The van der Waals surface area contributed by atoms with Crippen LogP contribution in [0.4, 0.5) is 28.4 Å². The van der Waals surface area contributed by atoms with Gasteiger partial charge in [0.15, 0.2) is 5.58 Å². The summed E-state index contributed by atoms with van der Waals surface area (Å²) in [6.07, 6.45) is 8.02. The fourth-order valence-electron chi connectivity index (χ4n) is 11.2. The second-order valence-electron chi connectivity index (χ2n) is 20.1. The van der Waals surface area contributed by atoms with Crippen molar-refractivity contribution in [1.82, 2.24) is 0 Å². The zero-order chi connectivity index (χ0) is 47.1. The Bertz CT molecular complexity index is 3740. The number of hydrogen-bond donors (Lipinski definition) is 0. The van der Waals surface area contributed by atoms with E-state index < -0.39 is 0 Å². The number of anilines is 5. The van der Waals surface area contributed by atoms with Gasteiger partial charge in [0.2, 0.25) is 0 Å². The second kappa shape index (κ2) is 16.8. The van der Waals surface area contributed by atoms with Crippen molar-refractivity contribution in [1.29, 1.82) is 0 Å². The molecule has 0 N–H and O–H groups in total. The number of hydrogen-bond acceptors (Lipinski definition) is 3. The lowest BCUT2D eigenvalue weighted by atomic mass is 9.84. The van der Waals surface area contributed by atoms with Crippen molar-refractivity contribution in [2.45, 2.75) is 87.5 Å². The van der Waals surface area contributed by atoms with E-state index in [9.17, 15) is 0 Å². The molecule has 0 fully saturated rings. The zero-order valence-corrected chi connectivity index (χ0v) is 41.2. The first-order valence-electron chi connectivity index (χ1n) is 24.4. The van der Waals surface area contributed by atoms with E-state index in [1.807, 2.05) is 0 Å². The van der Waals surface area contributed by atoms with Crippen LogP contribution in [0.1, 0.15) is 93.2 Å². The Morgan fingerprint density at radius 3 is 1.74 bits per heavy atom. The molecule has 0 amide bonds. The maximum atomic E-state index is 6.86. The fourth-order valence-corrected chi connectivity index (χ4v) is 11.2. The van der Waals surface area contributed by atoms with Crippen molar-refractivity contribution in [2.75, 3.05) is 9.80 Å². The molecular weight excluding hydrogens is 825 g/mol. The standard InChI is InChI=1S/C65H60N2O/c1-38(2)56-36-60(66(46-27-25-40(5)33-41(6)34-46)58-22-15-20-49(45(58)10)48-18-12-11-17-43(48)8)54-31-29-52-57(39(3)4)37-61(55-32-30-51(56)63(54)64(52)55)67(47-28-26-42(7)44(9)35-47)59-23-16-21-53-50-19-13-14-24-62(50)68-65(53)59/h11-32,34-39H,33H2,1-10H3. The van der Waals surface area contributed by atoms with E-state index >= 15 is 0 Å². The van der Waals surface area contributed by atoms with Crippen molar-refractivity contribution in [3.8, 4) is 11.1 Å². The molecule has 11 rings (SSSR count). The van der Waals surface area contributed by atoms with Crippen LogP contribution in [0, 0.1) is 27.7 Å². The van der Waals surface area contributed by atoms with Crippen LogP contribution in [0.5, 0.6) is 0 Å².